The number of aliphatic hydroxyl groups excluding tert-OH is 1. The SMILES string of the molecule is OCc1c[nH]cc1CN1CCOCC1. The molecule has 1 aromatic rings. The summed E-state index contributed by atoms with van der Waals surface area (Å²) >= 11 is 0. The molecule has 0 radical (unpaired) electrons. The van der Waals surface area contributed by atoms with Crippen LogP contribution >= 0.6 is 0 Å². The van der Waals surface area contributed by atoms with E-state index in [1.807, 2.05) is 12.4 Å². The Bertz CT molecular complexity index is 279. The molecule has 1 aliphatic rings. The number of aliphatic hydroxyl groups is 1. The van der Waals surface area contributed by atoms with Gasteiger partial charge in [-0.25, -0.2) is 0 Å². The van der Waals surface area contributed by atoms with Crippen LogP contribution in [0.4, 0.5) is 0 Å². The summed E-state index contributed by atoms with van der Waals surface area (Å²) in [5.74, 6) is 0. The summed E-state index contributed by atoms with van der Waals surface area (Å²) in [4.78, 5) is 5.36. The molecule has 78 valence electrons. The standard InChI is InChI=1S/C10H16N2O2/c13-8-10-6-11-5-9(10)7-12-1-3-14-4-2-12/h5-6,11,13H,1-4,7-8H2. The predicted molar refractivity (Wildman–Crippen MR) is 52.8 cm³/mol. The fourth-order valence-corrected chi connectivity index (χ4v) is 1.72. The van der Waals surface area contributed by atoms with Gasteiger partial charge in [-0.15, -0.1) is 0 Å². The lowest BCUT2D eigenvalue weighted by Crippen LogP contribution is -2.35. The van der Waals surface area contributed by atoms with Crippen LogP contribution < -0.4 is 0 Å². The average molecular weight is 196 g/mol. The summed E-state index contributed by atoms with van der Waals surface area (Å²) in [5, 5.41) is 9.07. The quantitative estimate of drug-likeness (QED) is 0.733. The van der Waals surface area contributed by atoms with Crippen molar-refractivity contribution in [2.75, 3.05) is 26.3 Å². The third kappa shape index (κ3) is 2.15. The topological polar surface area (TPSA) is 48.5 Å². The van der Waals surface area contributed by atoms with Gasteiger partial charge in [-0.2, -0.15) is 0 Å². The van der Waals surface area contributed by atoms with Gasteiger partial charge in [0.2, 0.25) is 0 Å². The molecule has 1 saturated heterocycles. The van der Waals surface area contributed by atoms with Gasteiger partial charge in [0.05, 0.1) is 19.8 Å². The van der Waals surface area contributed by atoms with E-state index >= 15 is 0 Å². The van der Waals surface area contributed by atoms with Crippen molar-refractivity contribution in [1.29, 1.82) is 0 Å². The third-order valence-corrected chi connectivity index (χ3v) is 2.60. The molecule has 2 rings (SSSR count). The van der Waals surface area contributed by atoms with E-state index in [9.17, 15) is 0 Å². The molecule has 4 nitrogen and oxygen atoms in total. The molecule has 0 atom stereocenters. The van der Waals surface area contributed by atoms with Gasteiger partial charge in [-0.1, -0.05) is 0 Å². The molecule has 0 spiro atoms. The normalized spacial score (nSPS) is 18.6. The Balaban J connectivity index is 1.95. The number of rotatable bonds is 3. The van der Waals surface area contributed by atoms with Crippen molar-refractivity contribution in [3.8, 4) is 0 Å². The van der Waals surface area contributed by atoms with E-state index in [-0.39, 0.29) is 6.61 Å². The van der Waals surface area contributed by atoms with Crippen LogP contribution in [0.25, 0.3) is 0 Å². The van der Waals surface area contributed by atoms with Crippen LogP contribution in [-0.4, -0.2) is 41.3 Å². The molecule has 0 amide bonds. The largest absolute Gasteiger partial charge is 0.392 e. The fourth-order valence-electron chi connectivity index (χ4n) is 1.72. The van der Waals surface area contributed by atoms with Crippen molar-refractivity contribution in [2.45, 2.75) is 13.2 Å². The maximum atomic E-state index is 9.07. The number of hydrogen-bond acceptors (Lipinski definition) is 3. The second-order valence-electron chi connectivity index (χ2n) is 3.55. The molecule has 0 unspecified atom stereocenters. The Hall–Kier alpha value is -0.840. The lowest BCUT2D eigenvalue weighted by atomic mass is 10.2. The average Bonchev–Trinajstić information content (AvgIpc) is 2.67. The molecule has 0 aromatic carbocycles. The Kier molecular flexibility index (Phi) is 3.18. The number of hydrogen-bond donors (Lipinski definition) is 2. The highest BCUT2D eigenvalue weighted by Crippen LogP contribution is 2.11. The zero-order valence-electron chi connectivity index (χ0n) is 8.20. The summed E-state index contributed by atoms with van der Waals surface area (Å²) in [6, 6.07) is 0. The van der Waals surface area contributed by atoms with Gasteiger partial charge >= 0.3 is 0 Å². The molecule has 2 heterocycles. The van der Waals surface area contributed by atoms with Crippen LogP contribution in [-0.2, 0) is 17.9 Å². The zero-order valence-corrected chi connectivity index (χ0v) is 8.20. The van der Waals surface area contributed by atoms with Gasteiger partial charge in [0.25, 0.3) is 0 Å². The van der Waals surface area contributed by atoms with E-state index in [0.29, 0.717) is 0 Å². The van der Waals surface area contributed by atoms with Crippen LogP contribution in [0.2, 0.25) is 0 Å². The molecule has 0 aliphatic carbocycles. The summed E-state index contributed by atoms with van der Waals surface area (Å²) in [6.07, 6.45) is 3.82. The Labute approximate surface area is 83.5 Å². The van der Waals surface area contributed by atoms with E-state index in [1.54, 1.807) is 0 Å². The third-order valence-electron chi connectivity index (χ3n) is 2.60. The van der Waals surface area contributed by atoms with Crippen molar-refractivity contribution < 1.29 is 9.84 Å². The number of aromatic nitrogens is 1. The summed E-state index contributed by atoms with van der Waals surface area (Å²) in [7, 11) is 0. The first-order valence-corrected chi connectivity index (χ1v) is 4.95. The van der Waals surface area contributed by atoms with Crippen molar-refractivity contribution in [1.82, 2.24) is 9.88 Å². The number of nitrogens with zero attached hydrogens (tertiary/aromatic N) is 1. The van der Waals surface area contributed by atoms with Crippen LogP contribution in [0.3, 0.4) is 0 Å². The van der Waals surface area contributed by atoms with E-state index < -0.39 is 0 Å². The summed E-state index contributed by atoms with van der Waals surface area (Å²) < 4.78 is 5.28. The molecule has 1 aromatic heterocycles. The van der Waals surface area contributed by atoms with Crippen molar-refractivity contribution in [3.63, 3.8) is 0 Å². The van der Waals surface area contributed by atoms with Crippen LogP contribution in [0.5, 0.6) is 0 Å². The van der Waals surface area contributed by atoms with Crippen LogP contribution in [0.1, 0.15) is 11.1 Å². The minimum Gasteiger partial charge on any atom is -0.392 e. The lowest BCUT2D eigenvalue weighted by Gasteiger charge is -2.26. The highest BCUT2D eigenvalue weighted by molar-refractivity contribution is 5.22. The number of aromatic amines is 1. The summed E-state index contributed by atoms with van der Waals surface area (Å²) in [6.45, 7) is 4.62. The molecular formula is C10H16N2O2. The van der Waals surface area contributed by atoms with E-state index in [0.717, 1.165) is 38.4 Å². The van der Waals surface area contributed by atoms with E-state index in [4.69, 9.17) is 9.84 Å². The number of morpholine rings is 1. The highest BCUT2D eigenvalue weighted by atomic mass is 16.5. The van der Waals surface area contributed by atoms with Gasteiger partial charge in [0, 0.05) is 32.0 Å². The first kappa shape index (κ1) is 9.71. The Morgan fingerprint density at radius 3 is 2.71 bits per heavy atom. The number of nitrogens with one attached hydrogen (secondary N) is 1. The first-order chi connectivity index (χ1) is 6.90. The molecule has 4 heteroatoms. The van der Waals surface area contributed by atoms with Crippen LogP contribution in [0.15, 0.2) is 12.4 Å². The number of H-pyrrole nitrogens is 1. The molecule has 0 bridgehead atoms. The number of ether oxygens (including phenoxy) is 1. The second-order valence-corrected chi connectivity index (χ2v) is 3.55. The molecular weight excluding hydrogens is 180 g/mol. The van der Waals surface area contributed by atoms with Crippen molar-refractivity contribution in [3.05, 3.63) is 23.5 Å². The van der Waals surface area contributed by atoms with Crippen molar-refractivity contribution in [2.24, 2.45) is 0 Å². The molecule has 2 N–H and O–H groups in total. The van der Waals surface area contributed by atoms with Gasteiger partial charge in [-0.05, 0) is 11.1 Å². The molecule has 14 heavy (non-hydrogen) atoms. The minimum absolute atomic E-state index is 0.114. The second kappa shape index (κ2) is 4.59. The fraction of sp³-hybridized carbons (Fsp3) is 0.600. The van der Waals surface area contributed by atoms with Gasteiger partial charge < -0.3 is 14.8 Å². The Morgan fingerprint density at radius 1 is 1.29 bits per heavy atom. The molecule has 1 aliphatic heterocycles. The first-order valence-electron chi connectivity index (χ1n) is 4.95. The van der Waals surface area contributed by atoms with E-state index in [2.05, 4.69) is 9.88 Å². The molecule has 1 fully saturated rings. The van der Waals surface area contributed by atoms with Crippen LogP contribution in [0, 0.1) is 0 Å². The smallest absolute Gasteiger partial charge is 0.0699 e. The van der Waals surface area contributed by atoms with Gasteiger partial charge in [-0.3, -0.25) is 4.90 Å². The maximum Gasteiger partial charge on any atom is 0.0699 e. The Morgan fingerprint density at radius 2 is 2.00 bits per heavy atom. The minimum atomic E-state index is 0.114. The highest BCUT2D eigenvalue weighted by Gasteiger charge is 2.12. The zero-order chi connectivity index (χ0) is 9.80. The maximum absolute atomic E-state index is 9.07. The van der Waals surface area contributed by atoms with Gasteiger partial charge in [0.15, 0.2) is 0 Å². The van der Waals surface area contributed by atoms with Gasteiger partial charge in [0.1, 0.15) is 0 Å². The monoisotopic (exact) mass is 196 g/mol. The predicted octanol–water partition coefficient (Wildman–Crippen LogP) is 0.339. The summed E-state index contributed by atoms with van der Waals surface area (Å²) in [5.41, 5.74) is 2.19. The van der Waals surface area contributed by atoms with Crippen molar-refractivity contribution >= 4 is 0 Å². The van der Waals surface area contributed by atoms with E-state index in [1.165, 1.54) is 5.56 Å². The molecule has 0 saturated carbocycles. The lowest BCUT2D eigenvalue weighted by molar-refractivity contribution is 0.0340.